The van der Waals surface area contributed by atoms with Crippen LogP contribution in [-0.4, -0.2) is 12.1 Å². The monoisotopic (exact) mass is 359 g/mol. The predicted octanol–water partition coefficient (Wildman–Crippen LogP) is 5.30. The fourth-order valence-electron chi connectivity index (χ4n) is 2.07. The molecule has 21 heavy (non-hydrogen) atoms. The molecule has 1 heterocycles. The second kappa shape index (κ2) is 6.50. The van der Waals surface area contributed by atoms with E-state index in [1.807, 2.05) is 24.3 Å². The third kappa shape index (κ3) is 3.39. The fourth-order valence-corrected chi connectivity index (χ4v) is 3.60. The summed E-state index contributed by atoms with van der Waals surface area (Å²) >= 11 is 5.35. The number of halogens is 1. The first-order valence-electron chi connectivity index (χ1n) is 6.57. The van der Waals surface area contributed by atoms with Gasteiger partial charge in [0.25, 0.3) is 0 Å². The van der Waals surface area contributed by atoms with Gasteiger partial charge < -0.3 is 4.74 Å². The molecule has 106 valence electrons. The molecule has 0 saturated carbocycles. The minimum Gasteiger partial charge on any atom is -0.497 e. The zero-order valence-corrected chi connectivity index (χ0v) is 13.9. The normalized spacial score (nSPS) is 10.8. The van der Waals surface area contributed by atoms with Crippen molar-refractivity contribution in [3.8, 4) is 5.75 Å². The fraction of sp³-hybridized carbons (Fsp3) is 0.118. The number of hydrogen-bond acceptors (Lipinski definition) is 3. The van der Waals surface area contributed by atoms with E-state index >= 15 is 0 Å². The topological polar surface area (TPSA) is 22.1 Å². The molecule has 0 aliphatic heterocycles. The molecule has 0 aliphatic carbocycles. The molecule has 0 unspecified atom stereocenters. The van der Waals surface area contributed by atoms with Gasteiger partial charge in [-0.05, 0) is 45.8 Å². The number of rotatable bonds is 4. The Kier molecular flexibility index (Phi) is 4.46. The molecule has 3 rings (SSSR count). The van der Waals surface area contributed by atoms with E-state index in [4.69, 9.17) is 9.72 Å². The van der Waals surface area contributed by atoms with E-state index in [-0.39, 0.29) is 0 Å². The zero-order valence-electron chi connectivity index (χ0n) is 11.5. The number of ether oxygens (including phenoxy) is 1. The number of thioether (sulfide) groups is 1. The first kappa shape index (κ1) is 14.4. The number of aromatic nitrogens is 1. The van der Waals surface area contributed by atoms with Crippen LogP contribution in [0.4, 0.5) is 0 Å². The molecular formula is C17H14BrNOS. The van der Waals surface area contributed by atoms with E-state index in [1.54, 1.807) is 18.9 Å². The van der Waals surface area contributed by atoms with Crippen molar-refractivity contribution in [3.05, 3.63) is 64.6 Å². The van der Waals surface area contributed by atoms with Crippen LogP contribution in [-0.2, 0) is 5.75 Å². The summed E-state index contributed by atoms with van der Waals surface area (Å²) in [6, 6.07) is 18.4. The van der Waals surface area contributed by atoms with E-state index in [0.29, 0.717) is 0 Å². The molecule has 0 bridgehead atoms. The van der Waals surface area contributed by atoms with Crippen LogP contribution in [0.3, 0.4) is 0 Å². The lowest BCUT2D eigenvalue weighted by Gasteiger charge is -2.07. The van der Waals surface area contributed by atoms with Gasteiger partial charge in [-0.1, -0.05) is 30.3 Å². The first-order valence-corrected chi connectivity index (χ1v) is 8.35. The lowest BCUT2D eigenvalue weighted by atomic mass is 10.2. The van der Waals surface area contributed by atoms with Crippen LogP contribution in [0.2, 0.25) is 0 Å². The van der Waals surface area contributed by atoms with Gasteiger partial charge in [0.2, 0.25) is 0 Å². The van der Waals surface area contributed by atoms with E-state index in [1.165, 1.54) is 5.56 Å². The Morgan fingerprint density at radius 3 is 2.67 bits per heavy atom. The lowest BCUT2D eigenvalue weighted by Crippen LogP contribution is -1.88. The Morgan fingerprint density at radius 2 is 1.90 bits per heavy atom. The summed E-state index contributed by atoms with van der Waals surface area (Å²) in [6.45, 7) is 0. The second-order valence-electron chi connectivity index (χ2n) is 4.61. The Morgan fingerprint density at radius 1 is 1.10 bits per heavy atom. The summed E-state index contributed by atoms with van der Waals surface area (Å²) in [4.78, 5) is 4.73. The quantitative estimate of drug-likeness (QED) is 0.590. The third-order valence-corrected chi connectivity index (χ3v) is 5.09. The molecule has 4 heteroatoms. The molecule has 0 radical (unpaired) electrons. The summed E-state index contributed by atoms with van der Waals surface area (Å²) in [7, 11) is 1.67. The molecule has 2 aromatic carbocycles. The van der Waals surface area contributed by atoms with Gasteiger partial charge in [-0.3, -0.25) is 0 Å². The first-order chi connectivity index (χ1) is 10.3. The summed E-state index contributed by atoms with van der Waals surface area (Å²) in [5.41, 5.74) is 2.28. The molecule has 0 saturated heterocycles. The number of pyridine rings is 1. The van der Waals surface area contributed by atoms with Gasteiger partial charge in [0.1, 0.15) is 10.8 Å². The maximum Gasteiger partial charge on any atom is 0.119 e. The Bertz CT molecular complexity index is 761. The maximum atomic E-state index is 5.25. The highest BCUT2D eigenvalue weighted by Crippen LogP contribution is 2.32. The number of hydrogen-bond donors (Lipinski definition) is 0. The molecule has 1 aromatic heterocycles. The van der Waals surface area contributed by atoms with E-state index in [9.17, 15) is 0 Å². The minimum atomic E-state index is 0.848. The van der Waals surface area contributed by atoms with Crippen molar-refractivity contribution in [1.29, 1.82) is 0 Å². The van der Waals surface area contributed by atoms with Crippen LogP contribution < -0.4 is 4.74 Å². The largest absolute Gasteiger partial charge is 0.497 e. The lowest BCUT2D eigenvalue weighted by molar-refractivity contribution is 0.415. The Labute approximate surface area is 136 Å². The van der Waals surface area contributed by atoms with Gasteiger partial charge in [0.05, 0.1) is 17.1 Å². The van der Waals surface area contributed by atoms with Crippen molar-refractivity contribution in [2.75, 3.05) is 7.11 Å². The Balaban J connectivity index is 1.87. The molecule has 0 amide bonds. The maximum absolute atomic E-state index is 5.25. The average molecular weight is 360 g/mol. The number of benzene rings is 2. The zero-order chi connectivity index (χ0) is 14.7. The molecule has 0 aliphatic rings. The molecule has 0 N–H and O–H groups in total. The molecule has 0 spiro atoms. The summed E-state index contributed by atoms with van der Waals surface area (Å²) in [6.07, 6.45) is 0. The van der Waals surface area contributed by atoms with E-state index in [0.717, 1.165) is 31.9 Å². The smallest absolute Gasteiger partial charge is 0.119 e. The van der Waals surface area contributed by atoms with Crippen LogP contribution in [0.15, 0.2) is 64.1 Å². The van der Waals surface area contributed by atoms with Crippen molar-refractivity contribution in [2.24, 2.45) is 0 Å². The summed E-state index contributed by atoms with van der Waals surface area (Å²) < 4.78 is 6.27. The highest BCUT2D eigenvalue weighted by Gasteiger charge is 2.07. The van der Waals surface area contributed by atoms with Crippen molar-refractivity contribution in [3.63, 3.8) is 0 Å². The van der Waals surface area contributed by atoms with Gasteiger partial charge >= 0.3 is 0 Å². The molecule has 0 fully saturated rings. The predicted molar refractivity (Wildman–Crippen MR) is 92.0 cm³/mol. The molecule has 2 nitrogen and oxygen atoms in total. The number of nitrogens with zero attached hydrogens (tertiary/aromatic N) is 1. The van der Waals surface area contributed by atoms with Crippen molar-refractivity contribution < 1.29 is 4.74 Å². The number of methoxy groups -OCH3 is 1. The minimum absolute atomic E-state index is 0.848. The van der Waals surface area contributed by atoms with Gasteiger partial charge in [-0.25, -0.2) is 4.98 Å². The third-order valence-electron chi connectivity index (χ3n) is 3.16. The van der Waals surface area contributed by atoms with Crippen LogP contribution >= 0.6 is 27.7 Å². The van der Waals surface area contributed by atoms with E-state index in [2.05, 4.69) is 46.3 Å². The van der Waals surface area contributed by atoms with Crippen LogP contribution in [0.25, 0.3) is 10.9 Å². The SMILES string of the molecule is COc1ccc2nc(SCc3ccccc3)c(Br)cc2c1. The van der Waals surface area contributed by atoms with Gasteiger partial charge in [0, 0.05) is 11.1 Å². The standard InChI is InChI=1S/C17H14BrNOS/c1-20-14-7-8-16-13(9-14)10-15(18)17(19-16)21-11-12-5-3-2-4-6-12/h2-10H,11H2,1H3. The van der Waals surface area contributed by atoms with Gasteiger partial charge in [-0.15, -0.1) is 11.8 Å². The van der Waals surface area contributed by atoms with Crippen LogP contribution in [0.5, 0.6) is 5.75 Å². The Hall–Kier alpha value is -1.52. The summed E-state index contributed by atoms with van der Waals surface area (Å²) in [5, 5.41) is 2.09. The highest BCUT2D eigenvalue weighted by atomic mass is 79.9. The van der Waals surface area contributed by atoms with Gasteiger partial charge in [0.15, 0.2) is 0 Å². The molecular weight excluding hydrogens is 346 g/mol. The summed E-state index contributed by atoms with van der Waals surface area (Å²) in [5.74, 6) is 1.76. The molecule has 3 aromatic rings. The van der Waals surface area contributed by atoms with E-state index < -0.39 is 0 Å². The average Bonchev–Trinajstić information content (AvgIpc) is 2.53. The van der Waals surface area contributed by atoms with Crippen LogP contribution in [0, 0.1) is 0 Å². The molecule has 0 atom stereocenters. The highest BCUT2D eigenvalue weighted by molar-refractivity contribution is 9.10. The van der Waals surface area contributed by atoms with Crippen LogP contribution in [0.1, 0.15) is 5.56 Å². The van der Waals surface area contributed by atoms with Gasteiger partial charge in [-0.2, -0.15) is 0 Å². The number of fused-ring (bicyclic) bond motifs is 1. The van der Waals surface area contributed by atoms with Crippen molar-refractivity contribution >= 4 is 38.6 Å². The van der Waals surface area contributed by atoms with Crippen molar-refractivity contribution in [2.45, 2.75) is 10.8 Å². The second-order valence-corrected chi connectivity index (χ2v) is 6.43. The van der Waals surface area contributed by atoms with Crippen molar-refractivity contribution in [1.82, 2.24) is 4.98 Å².